The van der Waals surface area contributed by atoms with Crippen molar-refractivity contribution in [1.82, 2.24) is 0 Å². The third kappa shape index (κ3) is 3.28. The van der Waals surface area contributed by atoms with Crippen LogP contribution < -0.4 is 0 Å². The first-order valence-electron chi connectivity index (χ1n) is 1.26. The van der Waals surface area contributed by atoms with E-state index in [1.165, 1.54) is 12.2 Å². The minimum absolute atomic E-state index is 0.875. The van der Waals surface area contributed by atoms with Crippen LogP contribution in [0.1, 0.15) is 0 Å². The average molecular weight is 69.1 g/mol. The zero-order valence-electron chi connectivity index (χ0n) is 2.76. The highest BCUT2D eigenvalue weighted by atomic mass is 16.2. The second-order valence-corrected chi connectivity index (χ2v) is 0.534. The summed E-state index contributed by atoms with van der Waals surface area (Å²) in [6.45, 7) is 4.77. The van der Waals surface area contributed by atoms with E-state index < -0.39 is 0 Å². The third-order valence-electron chi connectivity index (χ3n) is 0.197. The van der Waals surface area contributed by atoms with Gasteiger partial charge in [0.15, 0.2) is 0 Å². The molecule has 0 aromatic heterocycles. The molecule has 1 N–H and O–H groups in total. The molecule has 5 heavy (non-hydrogen) atoms. The molecular weight excluding hydrogens is 64.0 g/mol. The van der Waals surface area contributed by atoms with Gasteiger partial charge in [-0.3, -0.25) is 0 Å². The van der Waals surface area contributed by atoms with Gasteiger partial charge >= 0.3 is 0 Å². The van der Waals surface area contributed by atoms with Crippen molar-refractivity contribution in [2.75, 3.05) is 0 Å². The number of aliphatic hydroxyl groups excluding tert-OH is 1. The Morgan fingerprint density at radius 1 is 1.60 bits per heavy atom. The summed E-state index contributed by atoms with van der Waals surface area (Å²) >= 11 is 0. The van der Waals surface area contributed by atoms with Crippen LogP contribution in [-0.4, -0.2) is 5.11 Å². The second-order valence-electron chi connectivity index (χ2n) is 0.534. The van der Waals surface area contributed by atoms with Crippen LogP contribution in [0.4, 0.5) is 0 Å². The van der Waals surface area contributed by atoms with Gasteiger partial charge < -0.3 is 5.11 Å². The van der Waals surface area contributed by atoms with Crippen LogP contribution in [0, 0.1) is 6.58 Å². The van der Waals surface area contributed by atoms with Crippen LogP contribution >= 0.6 is 0 Å². The predicted molar refractivity (Wildman–Crippen MR) is 20.6 cm³/mol. The number of rotatable bonds is 1. The Labute approximate surface area is 31.2 Å². The van der Waals surface area contributed by atoms with Crippen LogP contribution in [-0.2, 0) is 0 Å². The highest BCUT2D eigenvalue weighted by Crippen LogP contribution is 1.60. The zero-order valence-corrected chi connectivity index (χ0v) is 2.76. The Bertz CT molecular complexity index is 45.6. The number of allylic oxidation sites excluding steroid dienone is 2. The van der Waals surface area contributed by atoms with E-state index in [0.717, 1.165) is 6.26 Å². The van der Waals surface area contributed by atoms with E-state index in [9.17, 15) is 0 Å². The van der Waals surface area contributed by atoms with Crippen molar-refractivity contribution in [3.05, 3.63) is 25.0 Å². The summed E-state index contributed by atoms with van der Waals surface area (Å²) < 4.78 is 0. The van der Waals surface area contributed by atoms with Crippen molar-refractivity contribution in [2.24, 2.45) is 0 Å². The van der Waals surface area contributed by atoms with Gasteiger partial charge in [-0.25, -0.2) is 0 Å². The van der Waals surface area contributed by atoms with Gasteiger partial charge in [-0.05, 0) is 6.08 Å². The van der Waals surface area contributed by atoms with Gasteiger partial charge in [-0.1, -0.05) is 12.7 Å². The van der Waals surface area contributed by atoms with Crippen molar-refractivity contribution < 1.29 is 5.11 Å². The first-order valence-corrected chi connectivity index (χ1v) is 1.26. The lowest BCUT2D eigenvalue weighted by molar-refractivity contribution is 0.474. The predicted octanol–water partition coefficient (Wildman–Crippen LogP) is 1.05. The molecule has 0 aromatic rings. The van der Waals surface area contributed by atoms with Gasteiger partial charge in [0.1, 0.15) is 0 Å². The molecule has 0 heterocycles. The summed E-state index contributed by atoms with van der Waals surface area (Å²) in [4.78, 5) is 0. The SMILES string of the molecule is [CH]=CC=CO. The number of hydrogen-bond donors (Lipinski definition) is 1. The van der Waals surface area contributed by atoms with E-state index in [4.69, 9.17) is 11.7 Å². The van der Waals surface area contributed by atoms with Gasteiger partial charge in [0, 0.05) is 0 Å². The molecule has 0 aliphatic carbocycles. The normalized spacial score (nSPS) is 8.80. The van der Waals surface area contributed by atoms with Crippen LogP contribution in [0.2, 0.25) is 0 Å². The Morgan fingerprint density at radius 3 is 2.20 bits per heavy atom. The smallest absolute Gasteiger partial charge is 0.0791 e. The molecule has 0 aliphatic rings. The molecule has 0 spiro atoms. The van der Waals surface area contributed by atoms with Crippen molar-refractivity contribution in [3.63, 3.8) is 0 Å². The lowest BCUT2D eigenvalue weighted by Gasteiger charge is -1.57. The van der Waals surface area contributed by atoms with Crippen molar-refractivity contribution >= 4 is 0 Å². The molecule has 0 unspecified atom stereocenters. The molecule has 27 valence electrons. The van der Waals surface area contributed by atoms with Gasteiger partial charge in [0.25, 0.3) is 0 Å². The van der Waals surface area contributed by atoms with Gasteiger partial charge in [-0.2, -0.15) is 0 Å². The Kier molecular flexibility index (Phi) is 2.81. The minimum atomic E-state index is 0.875. The fraction of sp³-hybridized carbons (Fsp3) is 0. The summed E-state index contributed by atoms with van der Waals surface area (Å²) in [5.74, 6) is 0. The maximum absolute atomic E-state index is 7.77. The minimum Gasteiger partial charge on any atom is -0.516 e. The molecule has 0 saturated carbocycles. The van der Waals surface area contributed by atoms with Crippen LogP contribution in [0.5, 0.6) is 0 Å². The van der Waals surface area contributed by atoms with E-state index in [1.807, 2.05) is 0 Å². The Hall–Kier alpha value is -0.720. The lowest BCUT2D eigenvalue weighted by atomic mass is 10.6. The summed E-state index contributed by atoms with van der Waals surface area (Å²) in [5.41, 5.74) is 0. The maximum atomic E-state index is 7.77. The van der Waals surface area contributed by atoms with Gasteiger partial charge in [0.2, 0.25) is 0 Å². The van der Waals surface area contributed by atoms with E-state index in [0.29, 0.717) is 0 Å². The third-order valence-corrected chi connectivity index (χ3v) is 0.197. The molecule has 1 nitrogen and oxygen atoms in total. The summed E-state index contributed by atoms with van der Waals surface area (Å²) in [5, 5.41) is 7.77. The molecule has 0 rings (SSSR count). The van der Waals surface area contributed by atoms with Gasteiger partial charge in [0.05, 0.1) is 6.26 Å². The lowest BCUT2D eigenvalue weighted by Crippen LogP contribution is -1.41. The highest BCUT2D eigenvalue weighted by Gasteiger charge is 1.43. The Morgan fingerprint density at radius 2 is 2.20 bits per heavy atom. The van der Waals surface area contributed by atoms with Crippen molar-refractivity contribution in [2.45, 2.75) is 0 Å². The molecular formula is C4H5O. The summed E-state index contributed by atoms with van der Waals surface area (Å²) in [6, 6.07) is 0. The molecule has 0 fully saturated rings. The first-order chi connectivity index (χ1) is 2.41. The molecule has 1 radical (unpaired) electrons. The standard InChI is InChI=1S/C4H5O/c1-2-3-4-5/h1-5H. The summed E-state index contributed by atoms with van der Waals surface area (Å²) in [7, 11) is 0. The Balaban J connectivity index is 2.92. The molecule has 0 aromatic carbocycles. The van der Waals surface area contributed by atoms with E-state index in [2.05, 4.69) is 0 Å². The topological polar surface area (TPSA) is 20.2 Å². The first kappa shape index (κ1) is 4.28. The molecule has 0 amide bonds. The molecule has 0 atom stereocenters. The van der Waals surface area contributed by atoms with Crippen molar-refractivity contribution in [3.8, 4) is 0 Å². The number of hydrogen-bond acceptors (Lipinski definition) is 1. The van der Waals surface area contributed by atoms with Crippen LogP contribution in [0.3, 0.4) is 0 Å². The van der Waals surface area contributed by atoms with Gasteiger partial charge in [-0.15, -0.1) is 0 Å². The fourth-order valence-electron chi connectivity index (χ4n) is 0.0497. The van der Waals surface area contributed by atoms with Crippen molar-refractivity contribution in [1.29, 1.82) is 0 Å². The molecule has 0 bridgehead atoms. The molecule has 0 aliphatic heterocycles. The quantitative estimate of drug-likeness (QED) is 0.360. The van der Waals surface area contributed by atoms with Crippen LogP contribution in [0.25, 0.3) is 0 Å². The monoisotopic (exact) mass is 69.0 g/mol. The molecule has 1 heteroatoms. The largest absolute Gasteiger partial charge is 0.516 e. The van der Waals surface area contributed by atoms with E-state index in [-0.39, 0.29) is 0 Å². The van der Waals surface area contributed by atoms with Crippen LogP contribution in [0.15, 0.2) is 18.4 Å². The summed E-state index contributed by atoms with van der Waals surface area (Å²) in [6.07, 6.45) is 3.46. The highest BCUT2D eigenvalue weighted by molar-refractivity contribution is 4.89. The fourth-order valence-corrected chi connectivity index (χ4v) is 0.0497. The van der Waals surface area contributed by atoms with E-state index >= 15 is 0 Å². The number of aliphatic hydroxyl groups is 1. The average Bonchev–Trinajstić information content (AvgIpc) is 1.41. The molecule has 0 saturated heterocycles. The maximum Gasteiger partial charge on any atom is 0.0791 e. The van der Waals surface area contributed by atoms with E-state index in [1.54, 1.807) is 0 Å². The zero-order chi connectivity index (χ0) is 4.12. The second kappa shape index (κ2) is 3.28.